The van der Waals surface area contributed by atoms with Crippen LogP contribution in [0.1, 0.15) is 0 Å². The molecule has 0 radical (unpaired) electrons. The molecular formula is C18H20FN2O5S+. The molecule has 3 rings (SSSR count). The van der Waals surface area contributed by atoms with E-state index in [1.54, 1.807) is 19.2 Å². The zero-order chi connectivity index (χ0) is 20.2. The van der Waals surface area contributed by atoms with Crippen molar-refractivity contribution in [2.75, 3.05) is 7.11 Å². The maximum atomic E-state index is 13.2. The van der Waals surface area contributed by atoms with Crippen molar-refractivity contribution in [3.8, 4) is 28.3 Å². The highest BCUT2D eigenvalue weighted by Crippen LogP contribution is 2.37. The van der Waals surface area contributed by atoms with Crippen molar-refractivity contribution < 1.29 is 31.3 Å². The van der Waals surface area contributed by atoms with Gasteiger partial charge in [-0.3, -0.25) is 9.11 Å². The van der Waals surface area contributed by atoms with Gasteiger partial charge in [0.15, 0.2) is 12.7 Å². The largest absolute Gasteiger partial charge is 0.489 e. The molecule has 3 aromatic rings. The maximum absolute atomic E-state index is 13.2. The summed E-state index contributed by atoms with van der Waals surface area (Å²) in [6, 6.07) is 16.5. The Bertz CT molecular complexity index is 1010. The van der Waals surface area contributed by atoms with E-state index < -0.39 is 10.4 Å². The number of halogens is 1. The van der Waals surface area contributed by atoms with Crippen LogP contribution in [0.25, 0.3) is 22.5 Å². The lowest BCUT2D eigenvalue weighted by molar-refractivity contribution is -0.740. The predicted molar refractivity (Wildman–Crippen MR) is 98.1 cm³/mol. The minimum Gasteiger partial charge on any atom is -0.489 e. The molecule has 27 heavy (non-hydrogen) atoms. The molecule has 0 saturated heterocycles. The van der Waals surface area contributed by atoms with Gasteiger partial charge in [0.2, 0.25) is 5.75 Å². The fraction of sp³-hybridized carbons (Fsp3) is 0.167. The standard InChI is InChI=1S/C18H18FN2O.H2O4S/c1-20-16(13-7-5-4-6-8-13)18(22-3)17(21(20)2)14-9-11-15(19)12-10-14;1-5(2,3)4/h4-12H,1-3H3;(H2,1,2,3,4)/q+1;. The number of nitrogens with zero attached hydrogens (tertiary/aromatic N) is 2. The molecule has 144 valence electrons. The summed E-state index contributed by atoms with van der Waals surface area (Å²) in [5.41, 5.74) is 3.90. The van der Waals surface area contributed by atoms with Gasteiger partial charge < -0.3 is 4.74 Å². The molecule has 0 aliphatic heterocycles. The van der Waals surface area contributed by atoms with E-state index >= 15 is 0 Å². The summed E-state index contributed by atoms with van der Waals surface area (Å²) in [7, 11) is 0.945. The minimum atomic E-state index is -4.67. The zero-order valence-electron chi connectivity index (χ0n) is 15.0. The van der Waals surface area contributed by atoms with Gasteiger partial charge in [-0.1, -0.05) is 18.2 Å². The van der Waals surface area contributed by atoms with Crippen molar-refractivity contribution in [2.45, 2.75) is 0 Å². The first-order valence-electron chi connectivity index (χ1n) is 7.77. The first-order valence-corrected chi connectivity index (χ1v) is 9.17. The van der Waals surface area contributed by atoms with Crippen molar-refractivity contribution in [3.63, 3.8) is 0 Å². The van der Waals surface area contributed by atoms with Crippen LogP contribution in [0.15, 0.2) is 54.6 Å². The molecule has 1 heterocycles. The maximum Gasteiger partial charge on any atom is 0.394 e. The van der Waals surface area contributed by atoms with Gasteiger partial charge in [0.25, 0.3) is 5.69 Å². The Morgan fingerprint density at radius 1 is 1.00 bits per heavy atom. The van der Waals surface area contributed by atoms with E-state index in [0.29, 0.717) is 0 Å². The van der Waals surface area contributed by atoms with Crippen molar-refractivity contribution in [3.05, 3.63) is 60.4 Å². The summed E-state index contributed by atoms with van der Waals surface area (Å²) in [5, 5.41) is 0. The van der Waals surface area contributed by atoms with Gasteiger partial charge in [0.1, 0.15) is 5.82 Å². The molecule has 9 heteroatoms. The van der Waals surface area contributed by atoms with E-state index in [9.17, 15) is 4.39 Å². The second kappa shape index (κ2) is 8.30. The second-order valence-corrected chi connectivity index (χ2v) is 6.49. The Morgan fingerprint density at radius 3 is 2.00 bits per heavy atom. The van der Waals surface area contributed by atoms with E-state index in [1.165, 1.54) is 12.1 Å². The lowest BCUT2D eigenvalue weighted by Crippen LogP contribution is -2.39. The number of benzene rings is 2. The van der Waals surface area contributed by atoms with Gasteiger partial charge in [0, 0.05) is 5.56 Å². The number of methoxy groups -OCH3 is 1. The average molecular weight is 395 g/mol. The number of ether oxygens (including phenoxy) is 1. The quantitative estimate of drug-likeness (QED) is 0.525. The van der Waals surface area contributed by atoms with Gasteiger partial charge in [-0.25, -0.2) is 4.39 Å². The van der Waals surface area contributed by atoms with Gasteiger partial charge in [0.05, 0.1) is 19.7 Å². The zero-order valence-corrected chi connectivity index (χ0v) is 15.8. The van der Waals surface area contributed by atoms with Crippen LogP contribution in [-0.4, -0.2) is 29.3 Å². The molecule has 0 aliphatic rings. The summed E-state index contributed by atoms with van der Waals surface area (Å²) in [6.45, 7) is 0. The first kappa shape index (κ1) is 20.6. The Labute approximate surface area is 156 Å². The Morgan fingerprint density at radius 2 is 1.52 bits per heavy atom. The van der Waals surface area contributed by atoms with Gasteiger partial charge in [-0.05, 0) is 36.4 Å². The summed E-state index contributed by atoms with van der Waals surface area (Å²) >= 11 is 0. The summed E-state index contributed by atoms with van der Waals surface area (Å²) in [5.74, 6) is 0.535. The van der Waals surface area contributed by atoms with Crippen LogP contribution < -0.4 is 9.42 Å². The molecule has 2 aromatic carbocycles. The van der Waals surface area contributed by atoms with Gasteiger partial charge in [-0.15, -0.1) is 4.68 Å². The first-order chi connectivity index (χ1) is 12.6. The fourth-order valence-corrected chi connectivity index (χ4v) is 2.74. The van der Waals surface area contributed by atoms with Gasteiger partial charge in [-0.2, -0.15) is 13.1 Å². The van der Waals surface area contributed by atoms with Crippen LogP contribution in [0.2, 0.25) is 0 Å². The predicted octanol–water partition coefficient (Wildman–Crippen LogP) is 2.68. The van der Waals surface area contributed by atoms with Crippen molar-refractivity contribution in [2.24, 2.45) is 14.1 Å². The lowest BCUT2D eigenvalue weighted by atomic mass is 10.1. The van der Waals surface area contributed by atoms with Crippen molar-refractivity contribution in [1.82, 2.24) is 4.68 Å². The van der Waals surface area contributed by atoms with E-state index in [-0.39, 0.29) is 5.82 Å². The molecule has 0 bridgehead atoms. The molecule has 0 saturated carbocycles. The van der Waals surface area contributed by atoms with Gasteiger partial charge >= 0.3 is 10.4 Å². The van der Waals surface area contributed by atoms with E-state index in [0.717, 1.165) is 28.3 Å². The van der Waals surface area contributed by atoms with Crippen LogP contribution in [0, 0.1) is 5.82 Å². The van der Waals surface area contributed by atoms with Crippen LogP contribution in [0.4, 0.5) is 4.39 Å². The second-order valence-electron chi connectivity index (χ2n) is 5.60. The van der Waals surface area contributed by atoms with E-state index in [2.05, 4.69) is 0 Å². The van der Waals surface area contributed by atoms with E-state index in [1.807, 2.05) is 53.8 Å². The molecule has 0 amide bonds. The van der Waals surface area contributed by atoms with Crippen molar-refractivity contribution in [1.29, 1.82) is 0 Å². The van der Waals surface area contributed by atoms with Crippen LogP contribution >= 0.6 is 0 Å². The number of aromatic nitrogens is 2. The monoisotopic (exact) mass is 395 g/mol. The third kappa shape index (κ3) is 5.13. The number of hydrogen-bond donors (Lipinski definition) is 2. The summed E-state index contributed by atoms with van der Waals surface area (Å²) in [6.07, 6.45) is 0. The molecule has 2 N–H and O–H groups in total. The Hall–Kier alpha value is -2.75. The molecule has 0 spiro atoms. The van der Waals surface area contributed by atoms with E-state index in [4.69, 9.17) is 22.3 Å². The highest BCUT2D eigenvalue weighted by atomic mass is 32.3. The average Bonchev–Trinajstić information content (AvgIpc) is 2.86. The minimum absolute atomic E-state index is 0.246. The molecule has 7 nitrogen and oxygen atoms in total. The summed E-state index contributed by atoms with van der Waals surface area (Å²) < 4.78 is 54.5. The molecule has 0 aliphatic carbocycles. The molecule has 0 unspecified atom stereocenters. The molecule has 0 fully saturated rings. The van der Waals surface area contributed by atoms with Crippen LogP contribution in [0.5, 0.6) is 5.75 Å². The Balaban J connectivity index is 0.000000465. The Kier molecular flexibility index (Phi) is 6.32. The lowest BCUT2D eigenvalue weighted by Gasteiger charge is -2.03. The molecule has 1 aromatic heterocycles. The van der Waals surface area contributed by atoms with Crippen molar-refractivity contribution >= 4 is 10.4 Å². The summed E-state index contributed by atoms with van der Waals surface area (Å²) in [4.78, 5) is 0. The third-order valence-corrected chi connectivity index (χ3v) is 3.90. The topological polar surface area (TPSA) is 92.6 Å². The molecular weight excluding hydrogens is 375 g/mol. The smallest absolute Gasteiger partial charge is 0.394 e. The van der Waals surface area contributed by atoms with Crippen LogP contribution in [0.3, 0.4) is 0 Å². The highest BCUT2D eigenvalue weighted by molar-refractivity contribution is 7.79. The number of rotatable bonds is 3. The normalized spacial score (nSPS) is 10.9. The highest BCUT2D eigenvalue weighted by Gasteiger charge is 2.29. The SMILES string of the molecule is COc1c(-c2ccc(F)cc2)n(C)[n+](C)c1-c1ccccc1.O=S(=O)(O)O. The fourth-order valence-electron chi connectivity index (χ4n) is 2.74. The molecule has 0 atom stereocenters. The number of hydrogen-bond acceptors (Lipinski definition) is 3. The van der Waals surface area contributed by atoms with Crippen LogP contribution in [-0.2, 0) is 24.5 Å². The third-order valence-electron chi connectivity index (χ3n) is 3.90.